The average molecular weight is 477 g/mol. The summed E-state index contributed by atoms with van der Waals surface area (Å²) >= 11 is 1.48. The molecule has 1 aliphatic carbocycles. The van der Waals surface area contributed by atoms with Gasteiger partial charge in [-0.1, -0.05) is 36.0 Å². The van der Waals surface area contributed by atoms with E-state index in [0.717, 1.165) is 72.4 Å². The Morgan fingerprint density at radius 3 is 2.62 bits per heavy atom. The molecule has 0 spiro atoms. The Bertz CT molecular complexity index is 1180. The normalized spacial score (nSPS) is 19.8. The average Bonchev–Trinajstić information content (AvgIpc) is 3.52. The first kappa shape index (κ1) is 21.5. The highest BCUT2D eigenvalue weighted by atomic mass is 32.2. The number of amides is 1. The standard InChI is InChI=1S/C26H28N4O3S/c31-24(17-34-26-28-27-25(18-9-10-18)30(26)20-6-2-1-3-7-20)29-13-4-8-21(29)19-11-12-22-23(16-19)33-15-5-14-32-22/h1-3,6-7,11-12,16,18,21H,4-5,8-10,13-15,17H2/t21-/m0/s1. The topological polar surface area (TPSA) is 69.5 Å². The van der Waals surface area contributed by atoms with Crippen molar-refractivity contribution in [2.75, 3.05) is 25.5 Å². The highest BCUT2D eigenvalue weighted by Gasteiger charge is 2.33. The molecule has 7 nitrogen and oxygen atoms in total. The Balaban J connectivity index is 1.18. The van der Waals surface area contributed by atoms with Crippen LogP contribution in [0.15, 0.2) is 53.7 Å². The quantitative estimate of drug-likeness (QED) is 0.478. The number of benzene rings is 2. The van der Waals surface area contributed by atoms with Crippen LogP contribution in [0.3, 0.4) is 0 Å². The third-order valence-electron chi connectivity index (χ3n) is 6.67. The number of nitrogens with zero attached hydrogens (tertiary/aromatic N) is 4. The summed E-state index contributed by atoms with van der Waals surface area (Å²) in [6, 6.07) is 16.4. The fraction of sp³-hybridized carbons (Fsp3) is 0.423. The van der Waals surface area contributed by atoms with Crippen molar-refractivity contribution in [1.29, 1.82) is 0 Å². The van der Waals surface area contributed by atoms with Crippen molar-refractivity contribution < 1.29 is 14.3 Å². The zero-order valence-corrected chi connectivity index (χ0v) is 19.9. The van der Waals surface area contributed by atoms with E-state index in [2.05, 4.69) is 39.0 Å². The largest absolute Gasteiger partial charge is 0.490 e. The number of para-hydroxylation sites is 1. The molecule has 2 fully saturated rings. The Morgan fingerprint density at radius 1 is 0.971 bits per heavy atom. The molecule has 3 aromatic rings. The Kier molecular flexibility index (Phi) is 5.91. The molecular formula is C26H28N4O3S. The van der Waals surface area contributed by atoms with E-state index >= 15 is 0 Å². The Morgan fingerprint density at radius 2 is 1.79 bits per heavy atom. The summed E-state index contributed by atoms with van der Waals surface area (Å²) in [7, 11) is 0. The third kappa shape index (κ3) is 4.27. The highest BCUT2D eigenvalue weighted by Crippen LogP contribution is 2.42. The molecule has 0 bridgehead atoms. The number of aromatic nitrogens is 3. The van der Waals surface area contributed by atoms with Crippen molar-refractivity contribution in [3.8, 4) is 17.2 Å². The van der Waals surface area contributed by atoms with Gasteiger partial charge in [-0.2, -0.15) is 0 Å². The van der Waals surface area contributed by atoms with Crippen LogP contribution in [-0.2, 0) is 4.79 Å². The predicted molar refractivity (Wildman–Crippen MR) is 130 cm³/mol. The van der Waals surface area contributed by atoms with Gasteiger partial charge < -0.3 is 14.4 Å². The first-order valence-corrected chi connectivity index (χ1v) is 13.1. The summed E-state index contributed by atoms with van der Waals surface area (Å²) < 4.78 is 13.8. The molecule has 1 saturated carbocycles. The minimum Gasteiger partial charge on any atom is -0.490 e. The smallest absolute Gasteiger partial charge is 0.233 e. The molecule has 8 heteroatoms. The molecule has 1 amide bonds. The SMILES string of the molecule is O=C(CSc1nnc(C2CC2)n1-c1ccccc1)N1CCC[C@H]1c1ccc2c(c1)OCCCO2. The minimum atomic E-state index is 0.0688. The number of rotatable bonds is 6. The van der Waals surface area contributed by atoms with Gasteiger partial charge in [-0.3, -0.25) is 9.36 Å². The summed E-state index contributed by atoms with van der Waals surface area (Å²) in [4.78, 5) is 15.3. The molecule has 1 aromatic heterocycles. The van der Waals surface area contributed by atoms with Crippen LogP contribution in [0.4, 0.5) is 0 Å². The number of hydrogen-bond acceptors (Lipinski definition) is 6. The van der Waals surface area contributed by atoms with Gasteiger partial charge in [0, 0.05) is 24.6 Å². The second-order valence-corrected chi connectivity index (χ2v) is 10.0. The fourth-order valence-corrected chi connectivity index (χ4v) is 5.65. The molecule has 6 rings (SSSR count). The van der Waals surface area contributed by atoms with E-state index in [1.807, 2.05) is 29.2 Å². The number of hydrogen-bond donors (Lipinski definition) is 0. The van der Waals surface area contributed by atoms with Crippen LogP contribution in [0.1, 0.15) is 55.5 Å². The zero-order chi connectivity index (χ0) is 22.9. The lowest BCUT2D eigenvalue weighted by Crippen LogP contribution is -2.32. The molecule has 0 unspecified atom stereocenters. The number of carbonyl (C=O) groups excluding carboxylic acids is 1. The summed E-state index contributed by atoms with van der Waals surface area (Å²) in [6.07, 6.45) is 5.15. The van der Waals surface area contributed by atoms with Crippen LogP contribution >= 0.6 is 11.8 Å². The minimum absolute atomic E-state index is 0.0688. The van der Waals surface area contributed by atoms with E-state index in [-0.39, 0.29) is 11.9 Å². The first-order chi connectivity index (χ1) is 16.8. The highest BCUT2D eigenvalue weighted by molar-refractivity contribution is 7.99. The maximum atomic E-state index is 13.3. The lowest BCUT2D eigenvalue weighted by Gasteiger charge is -2.25. The molecular weight excluding hydrogens is 448 g/mol. The second kappa shape index (κ2) is 9.33. The van der Waals surface area contributed by atoms with Gasteiger partial charge in [0.2, 0.25) is 5.91 Å². The van der Waals surface area contributed by atoms with Crippen LogP contribution in [0, 0.1) is 0 Å². The molecule has 34 heavy (non-hydrogen) atoms. The number of likely N-dealkylation sites (tertiary alicyclic amines) is 1. The molecule has 1 saturated heterocycles. The van der Waals surface area contributed by atoms with Crippen molar-refractivity contribution >= 4 is 17.7 Å². The summed E-state index contributed by atoms with van der Waals surface area (Å²) in [5.74, 6) is 3.53. The van der Waals surface area contributed by atoms with Gasteiger partial charge in [0.25, 0.3) is 0 Å². The lowest BCUT2D eigenvalue weighted by molar-refractivity contribution is -0.129. The fourth-order valence-electron chi connectivity index (χ4n) is 4.81. The van der Waals surface area contributed by atoms with Gasteiger partial charge in [0.05, 0.1) is 25.0 Å². The summed E-state index contributed by atoms with van der Waals surface area (Å²) in [5.41, 5.74) is 2.17. The van der Waals surface area contributed by atoms with Gasteiger partial charge in [0.15, 0.2) is 16.7 Å². The van der Waals surface area contributed by atoms with Crippen molar-refractivity contribution in [2.24, 2.45) is 0 Å². The number of fused-ring (bicyclic) bond motifs is 1. The van der Waals surface area contributed by atoms with E-state index in [1.165, 1.54) is 11.8 Å². The van der Waals surface area contributed by atoms with Crippen molar-refractivity contribution in [3.63, 3.8) is 0 Å². The van der Waals surface area contributed by atoms with E-state index in [0.29, 0.717) is 24.9 Å². The van der Waals surface area contributed by atoms with Gasteiger partial charge in [-0.05, 0) is 55.5 Å². The molecule has 2 aliphatic heterocycles. The van der Waals surface area contributed by atoms with E-state index in [1.54, 1.807) is 0 Å². The van der Waals surface area contributed by atoms with Gasteiger partial charge in [-0.25, -0.2) is 0 Å². The molecule has 176 valence electrons. The van der Waals surface area contributed by atoms with Crippen LogP contribution in [0.2, 0.25) is 0 Å². The number of ether oxygens (including phenoxy) is 2. The lowest BCUT2D eigenvalue weighted by atomic mass is 10.0. The summed E-state index contributed by atoms with van der Waals surface area (Å²) in [5, 5.41) is 9.73. The summed E-state index contributed by atoms with van der Waals surface area (Å²) in [6.45, 7) is 2.11. The van der Waals surface area contributed by atoms with E-state index < -0.39 is 0 Å². The number of thioether (sulfide) groups is 1. The van der Waals surface area contributed by atoms with Gasteiger partial charge >= 0.3 is 0 Å². The molecule has 0 radical (unpaired) electrons. The molecule has 3 heterocycles. The number of carbonyl (C=O) groups is 1. The third-order valence-corrected chi connectivity index (χ3v) is 7.58. The second-order valence-electron chi connectivity index (χ2n) is 9.08. The molecule has 1 atom stereocenters. The first-order valence-electron chi connectivity index (χ1n) is 12.1. The van der Waals surface area contributed by atoms with Crippen LogP contribution < -0.4 is 9.47 Å². The van der Waals surface area contributed by atoms with Crippen LogP contribution in [0.5, 0.6) is 11.5 Å². The molecule has 0 N–H and O–H groups in total. The van der Waals surface area contributed by atoms with Crippen LogP contribution in [0.25, 0.3) is 5.69 Å². The maximum Gasteiger partial charge on any atom is 0.233 e. The zero-order valence-electron chi connectivity index (χ0n) is 19.1. The van der Waals surface area contributed by atoms with E-state index in [9.17, 15) is 4.79 Å². The monoisotopic (exact) mass is 476 g/mol. The van der Waals surface area contributed by atoms with Crippen molar-refractivity contribution in [1.82, 2.24) is 19.7 Å². The Labute approximate surface area is 203 Å². The molecule has 3 aliphatic rings. The van der Waals surface area contributed by atoms with Gasteiger partial charge in [0.1, 0.15) is 5.82 Å². The van der Waals surface area contributed by atoms with Gasteiger partial charge in [-0.15, -0.1) is 10.2 Å². The van der Waals surface area contributed by atoms with E-state index in [4.69, 9.17) is 9.47 Å². The predicted octanol–water partition coefficient (Wildman–Crippen LogP) is 4.76. The van der Waals surface area contributed by atoms with Crippen LogP contribution in [-0.4, -0.2) is 51.1 Å². The maximum absolute atomic E-state index is 13.3. The van der Waals surface area contributed by atoms with Crippen molar-refractivity contribution in [3.05, 3.63) is 59.9 Å². The van der Waals surface area contributed by atoms with Crippen molar-refractivity contribution in [2.45, 2.75) is 49.2 Å². The molecule has 2 aromatic carbocycles. The Hall–Kier alpha value is -3.00.